The van der Waals surface area contributed by atoms with Crippen molar-refractivity contribution in [2.45, 2.75) is 6.36 Å². The molecule has 0 aliphatic rings. The van der Waals surface area contributed by atoms with Gasteiger partial charge in [-0.05, 0) is 50.1 Å². The second-order valence-corrected chi connectivity index (χ2v) is 5.39. The molecule has 0 atom stereocenters. The Morgan fingerprint density at radius 3 is 2.52 bits per heavy atom. The fourth-order valence-corrected chi connectivity index (χ4v) is 2.16. The predicted molar refractivity (Wildman–Crippen MR) is 78.3 cm³/mol. The van der Waals surface area contributed by atoms with Gasteiger partial charge in [0.15, 0.2) is 0 Å². The molecule has 2 rings (SSSR count). The number of hydrogen-bond donors (Lipinski definition) is 2. The van der Waals surface area contributed by atoms with E-state index >= 15 is 0 Å². The summed E-state index contributed by atoms with van der Waals surface area (Å²) in [6, 6.07) is 4.01. The molecule has 0 radical (unpaired) electrons. The summed E-state index contributed by atoms with van der Waals surface area (Å²) in [7, 11) is 0. The fraction of sp³-hybridized carbons (Fsp3) is 0.0909. The minimum Gasteiger partial charge on any atom is -0.405 e. The van der Waals surface area contributed by atoms with Crippen molar-refractivity contribution in [3.05, 3.63) is 33.5 Å². The molecule has 0 saturated heterocycles. The zero-order valence-corrected chi connectivity index (χ0v) is 13.3. The van der Waals surface area contributed by atoms with Crippen molar-refractivity contribution in [1.82, 2.24) is 9.97 Å². The van der Waals surface area contributed by atoms with Gasteiger partial charge in [0.1, 0.15) is 28.2 Å². The Kier molecular flexibility index (Phi) is 4.57. The van der Waals surface area contributed by atoms with Crippen LogP contribution in [0.3, 0.4) is 0 Å². The van der Waals surface area contributed by atoms with Gasteiger partial charge in [0.05, 0.1) is 4.47 Å². The zero-order valence-electron chi connectivity index (χ0n) is 10.1. The smallest absolute Gasteiger partial charge is 0.405 e. The van der Waals surface area contributed by atoms with E-state index in [-0.39, 0.29) is 16.0 Å². The number of nitrogens with one attached hydrogen (secondary N) is 1. The van der Waals surface area contributed by atoms with Crippen LogP contribution in [-0.2, 0) is 0 Å². The summed E-state index contributed by atoms with van der Waals surface area (Å²) in [5.74, 6) is 0.289. The number of nitrogens with zero attached hydrogens (tertiary/aromatic N) is 2. The zero-order chi connectivity index (χ0) is 15.6. The first-order chi connectivity index (χ1) is 9.76. The minimum absolute atomic E-state index is 0.142. The topological polar surface area (TPSA) is 73.1 Å². The van der Waals surface area contributed by atoms with Crippen LogP contribution in [0.2, 0.25) is 0 Å². The molecule has 3 N–H and O–H groups in total. The van der Waals surface area contributed by atoms with Crippen molar-refractivity contribution in [2.75, 3.05) is 11.1 Å². The summed E-state index contributed by atoms with van der Waals surface area (Å²) in [4.78, 5) is 7.75. The molecule has 0 aliphatic heterocycles. The third kappa shape index (κ3) is 4.21. The molecule has 1 aromatic heterocycles. The number of anilines is 3. The van der Waals surface area contributed by atoms with Gasteiger partial charge in [-0.3, -0.25) is 0 Å². The monoisotopic (exact) mass is 426 g/mol. The molecule has 112 valence electrons. The van der Waals surface area contributed by atoms with Gasteiger partial charge < -0.3 is 15.8 Å². The van der Waals surface area contributed by atoms with Crippen LogP contribution in [0.1, 0.15) is 0 Å². The first kappa shape index (κ1) is 15.8. The maximum Gasteiger partial charge on any atom is 0.573 e. The SMILES string of the molecule is Nc1ncnc(Nc2ccc(OC(F)(F)F)c(Br)c2)c1Br. The molecule has 0 spiro atoms. The van der Waals surface area contributed by atoms with E-state index in [9.17, 15) is 13.2 Å². The molecular formula is C11H7Br2F3N4O. The van der Waals surface area contributed by atoms with Gasteiger partial charge in [-0.15, -0.1) is 13.2 Å². The number of hydrogen-bond acceptors (Lipinski definition) is 5. The van der Waals surface area contributed by atoms with Gasteiger partial charge in [-0.2, -0.15) is 0 Å². The second kappa shape index (κ2) is 6.06. The Bertz CT molecular complexity index is 666. The van der Waals surface area contributed by atoms with Gasteiger partial charge in [0, 0.05) is 5.69 Å². The summed E-state index contributed by atoms with van der Waals surface area (Å²) >= 11 is 6.22. The van der Waals surface area contributed by atoms with E-state index in [0.29, 0.717) is 16.0 Å². The number of alkyl halides is 3. The Labute approximate surface area is 134 Å². The average molecular weight is 428 g/mol. The first-order valence-electron chi connectivity index (χ1n) is 5.34. The van der Waals surface area contributed by atoms with Crippen LogP contribution in [0.25, 0.3) is 0 Å². The molecule has 2 aromatic rings. The molecule has 1 aromatic carbocycles. The molecule has 0 saturated carbocycles. The van der Waals surface area contributed by atoms with Crippen molar-refractivity contribution in [3.63, 3.8) is 0 Å². The lowest BCUT2D eigenvalue weighted by molar-refractivity contribution is -0.274. The number of nitrogens with two attached hydrogens (primary N) is 1. The molecule has 0 amide bonds. The normalized spacial score (nSPS) is 11.3. The van der Waals surface area contributed by atoms with Crippen LogP contribution >= 0.6 is 31.9 Å². The quantitative estimate of drug-likeness (QED) is 0.766. The summed E-state index contributed by atoms with van der Waals surface area (Å²) in [5, 5.41) is 2.90. The second-order valence-electron chi connectivity index (χ2n) is 3.74. The maximum absolute atomic E-state index is 12.2. The van der Waals surface area contributed by atoms with Crippen molar-refractivity contribution in [2.24, 2.45) is 0 Å². The molecule has 0 unspecified atom stereocenters. The van der Waals surface area contributed by atoms with Gasteiger partial charge in [0.25, 0.3) is 0 Å². The lowest BCUT2D eigenvalue weighted by atomic mass is 10.3. The number of ether oxygens (including phenoxy) is 1. The van der Waals surface area contributed by atoms with Crippen molar-refractivity contribution < 1.29 is 17.9 Å². The number of halogens is 5. The molecule has 0 bridgehead atoms. The van der Waals surface area contributed by atoms with Gasteiger partial charge >= 0.3 is 6.36 Å². The third-order valence-corrected chi connectivity index (χ3v) is 3.64. The van der Waals surface area contributed by atoms with Crippen LogP contribution < -0.4 is 15.8 Å². The van der Waals surface area contributed by atoms with Crippen molar-refractivity contribution >= 4 is 49.2 Å². The van der Waals surface area contributed by atoms with Gasteiger partial charge in [-0.1, -0.05) is 0 Å². The highest BCUT2D eigenvalue weighted by atomic mass is 79.9. The fourth-order valence-electron chi connectivity index (χ4n) is 1.39. The van der Waals surface area contributed by atoms with Gasteiger partial charge in [-0.25, -0.2) is 9.97 Å². The highest BCUT2D eigenvalue weighted by Crippen LogP contribution is 2.34. The Morgan fingerprint density at radius 2 is 1.90 bits per heavy atom. The van der Waals surface area contributed by atoms with Crippen LogP contribution in [0.4, 0.5) is 30.5 Å². The van der Waals surface area contributed by atoms with Crippen molar-refractivity contribution in [1.29, 1.82) is 0 Å². The summed E-state index contributed by atoms with van der Waals surface area (Å²) in [6.07, 6.45) is -3.49. The molecule has 1 heterocycles. The van der Waals surface area contributed by atoms with E-state index in [4.69, 9.17) is 5.73 Å². The Morgan fingerprint density at radius 1 is 1.19 bits per heavy atom. The minimum atomic E-state index is -4.75. The predicted octanol–water partition coefficient (Wildman–Crippen LogP) is 4.23. The molecule has 10 heteroatoms. The molecule has 21 heavy (non-hydrogen) atoms. The largest absolute Gasteiger partial charge is 0.573 e. The van der Waals surface area contributed by atoms with Gasteiger partial charge in [0.2, 0.25) is 0 Å². The Hall–Kier alpha value is -1.55. The summed E-state index contributed by atoms with van der Waals surface area (Å²) in [6.45, 7) is 0. The van der Waals surface area contributed by atoms with E-state index < -0.39 is 6.36 Å². The lowest BCUT2D eigenvalue weighted by Crippen LogP contribution is -2.17. The average Bonchev–Trinajstić information content (AvgIpc) is 2.37. The number of benzene rings is 1. The van der Waals surface area contributed by atoms with Crippen LogP contribution in [0.15, 0.2) is 33.5 Å². The summed E-state index contributed by atoms with van der Waals surface area (Å²) < 4.78 is 41.0. The number of aromatic nitrogens is 2. The van der Waals surface area contributed by atoms with Crippen molar-refractivity contribution in [3.8, 4) is 5.75 Å². The van der Waals surface area contributed by atoms with Crippen LogP contribution in [0.5, 0.6) is 5.75 Å². The lowest BCUT2D eigenvalue weighted by Gasteiger charge is -2.13. The van der Waals surface area contributed by atoms with E-state index in [1.54, 1.807) is 0 Å². The molecular weight excluding hydrogens is 421 g/mol. The van der Waals surface area contributed by atoms with E-state index in [2.05, 4.69) is 51.9 Å². The molecule has 0 fully saturated rings. The molecule has 0 aliphatic carbocycles. The molecule has 5 nitrogen and oxygen atoms in total. The maximum atomic E-state index is 12.2. The van der Waals surface area contributed by atoms with Crippen LogP contribution in [-0.4, -0.2) is 16.3 Å². The highest BCUT2D eigenvalue weighted by molar-refractivity contribution is 9.11. The standard InChI is InChI=1S/C11H7Br2F3N4O/c12-6-3-5(1-2-7(6)21-11(14,15)16)20-10-8(13)9(17)18-4-19-10/h1-4H,(H3,17,18,19,20). The van der Waals surface area contributed by atoms with E-state index in [1.165, 1.54) is 24.5 Å². The number of nitrogen functional groups attached to an aromatic ring is 1. The summed E-state index contributed by atoms with van der Waals surface area (Å²) in [5.41, 5.74) is 6.10. The van der Waals surface area contributed by atoms with E-state index in [1.807, 2.05) is 0 Å². The highest BCUT2D eigenvalue weighted by Gasteiger charge is 2.31. The number of rotatable bonds is 3. The third-order valence-electron chi connectivity index (χ3n) is 2.24. The van der Waals surface area contributed by atoms with E-state index in [0.717, 1.165) is 0 Å². The first-order valence-corrected chi connectivity index (χ1v) is 6.93. The van der Waals surface area contributed by atoms with Crippen LogP contribution in [0, 0.1) is 0 Å². The Balaban J connectivity index is 2.23.